The van der Waals surface area contributed by atoms with Crippen molar-refractivity contribution in [2.45, 2.75) is 19.4 Å². The van der Waals surface area contributed by atoms with E-state index < -0.39 is 10.1 Å². The summed E-state index contributed by atoms with van der Waals surface area (Å²) in [7, 11) is -3.36. The van der Waals surface area contributed by atoms with E-state index in [0.717, 1.165) is 34.8 Å². The Morgan fingerprint density at radius 2 is 2.05 bits per heavy atom. The van der Waals surface area contributed by atoms with E-state index in [2.05, 4.69) is 4.98 Å². The van der Waals surface area contributed by atoms with Gasteiger partial charge < -0.3 is 10.7 Å². The minimum absolute atomic E-state index is 0.197. The van der Waals surface area contributed by atoms with Crippen LogP contribution in [0.5, 0.6) is 0 Å². The first-order chi connectivity index (χ1) is 9.01. The van der Waals surface area contributed by atoms with Crippen molar-refractivity contribution in [2.24, 2.45) is 5.73 Å². The number of H-pyrrole nitrogens is 1. The fourth-order valence-corrected chi connectivity index (χ4v) is 2.60. The Bertz CT molecular complexity index is 662. The lowest BCUT2D eigenvalue weighted by Crippen LogP contribution is -2.06. The molecule has 1 heterocycles. The second-order valence-corrected chi connectivity index (χ2v) is 6.11. The third kappa shape index (κ3) is 3.56. The smallest absolute Gasteiger partial charge is 0.264 e. The van der Waals surface area contributed by atoms with Crippen LogP contribution in [0.4, 0.5) is 0 Å². The maximum Gasteiger partial charge on any atom is 0.264 e. The van der Waals surface area contributed by atoms with Gasteiger partial charge in [-0.25, -0.2) is 0 Å². The monoisotopic (exact) mass is 282 g/mol. The molecule has 19 heavy (non-hydrogen) atoms. The molecule has 0 aliphatic carbocycles. The van der Waals surface area contributed by atoms with Crippen LogP contribution in [-0.4, -0.2) is 26.3 Å². The van der Waals surface area contributed by atoms with E-state index in [-0.39, 0.29) is 6.61 Å². The summed E-state index contributed by atoms with van der Waals surface area (Å²) < 4.78 is 26.5. The highest BCUT2D eigenvalue weighted by molar-refractivity contribution is 7.85. The summed E-state index contributed by atoms with van der Waals surface area (Å²) in [5, 5.41) is 1.14. The van der Waals surface area contributed by atoms with E-state index in [4.69, 9.17) is 9.92 Å². The molecule has 104 valence electrons. The van der Waals surface area contributed by atoms with E-state index in [1.54, 1.807) is 0 Å². The fourth-order valence-electron chi connectivity index (χ4n) is 2.17. The molecule has 0 unspecified atom stereocenters. The summed E-state index contributed by atoms with van der Waals surface area (Å²) in [5.74, 6) is 0. The quantitative estimate of drug-likeness (QED) is 0.621. The Hall–Kier alpha value is -1.37. The number of benzene rings is 1. The average molecular weight is 282 g/mol. The van der Waals surface area contributed by atoms with Gasteiger partial charge in [-0.15, -0.1) is 0 Å². The number of nitrogens with one attached hydrogen (secondary N) is 1. The van der Waals surface area contributed by atoms with Crippen molar-refractivity contribution in [3.8, 4) is 0 Å². The molecule has 1 aromatic heterocycles. The number of nitrogens with two attached hydrogens (primary N) is 1. The van der Waals surface area contributed by atoms with Crippen LogP contribution in [0.1, 0.15) is 17.7 Å². The lowest BCUT2D eigenvalue weighted by molar-refractivity contribution is 0.316. The number of hydrogen-bond donors (Lipinski definition) is 2. The molecule has 2 rings (SSSR count). The summed E-state index contributed by atoms with van der Waals surface area (Å²) in [6, 6.07) is 7.99. The summed E-state index contributed by atoms with van der Waals surface area (Å²) in [5.41, 5.74) is 8.94. The minimum Gasteiger partial charge on any atom is -0.357 e. The van der Waals surface area contributed by atoms with Crippen LogP contribution < -0.4 is 5.73 Å². The van der Waals surface area contributed by atoms with Crippen LogP contribution in [-0.2, 0) is 27.3 Å². The minimum atomic E-state index is -3.36. The molecule has 0 fully saturated rings. The highest BCUT2D eigenvalue weighted by Gasteiger charge is 2.10. The number of aryl methyl sites for hydroxylation is 1. The van der Waals surface area contributed by atoms with Gasteiger partial charge in [0.1, 0.15) is 0 Å². The van der Waals surface area contributed by atoms with Gasteiger partial charge in [0, 0.05) is 23.1 Å². The van der Waals surface area contributed by atoms with Crippen molar-refractivity contribution in [1.82, 2.24) is 4.98 Å². The predicted molar refractivity (Wildman–Crippen MR) is 75.3 cm³/mol. The highest BCUT2D eigenvalue weighted by Crippen LogP contribution is 2.23. The number of fused-ring (bicyclic) bond motifs is 1. The largest absolute Gasteiger partial charge is 0.357 e. The second-order valence-electron chi connectivity index (χ2n) is 4.46. The lowest BCUT2D eigenvalue weighted by atomic mass is 10.1. The molecule has 0 spiro atoms. The highest BCUT2D eigenvalue weighted by atomic mass is 32.2. The van der Waals surface area contributed by atoms with E-state index >= 15 is 0 Å². The van der Waals surface area contributed by atoms with Crippen LogP contribution in [0.25, 0.3) is 10.9 Å². The second kappa shape index (κ2) is 5.73. The van der Waals surface area contributed by atoms with Crippen molar-refractivity contribution in [2.75, 3.05) is 12.9 Å². The molecule has 6 heteroatoms. The molecule has 0 bridgehead atoms. The Morgan fingerprint density at radius 1 is 1.32 bits per heavy atom. The molecule has 0 radical (unpaired) electrons. The van der Waals surface area contributed by atoms with Crippen LogP contribution in [0.3, 0.4) is 0 Å². The van der Waals surface area contributed by atoms with Crippen LogP contribution in [0.15, 0.2) is 24.3 Å². The molecule has 2 aromatic rings. The molecule has 0 atom stereocenters. The van der Waals surface area contributed by atoms with E-state index in [1.165, 1.54) is 0 Å². The van der Waals surface area contributed by atoms with Crippen molar-refractivity contribution in [3.05, 3.63) is 35.5 Å². The molecule has 5 nitrogen and oxygen atoms in total. The Balaban J connectivity index is 2.11. The zero-order valence-electron chi connectivity index (χ0n) is 10.8. The normalized spacial score (nSPS) is 12.1. The SMILES string of the molecule is CS(=O)(=O)OCCCc1c(CN)[nH]c2ccccc12. The van der Waals surface area contributed by atoms with E-state index in [9.17, 15) is 8.42 Å². The van der Waals surface area contributed by atoms with Gasteiger partial charge in [-0.2, -0.15) is 8.42 Å². The van der Waals surface area contributed by atoms with Crippen LogP contribution in [0, 0.1) is 0 Å². The summed E-state index contributed by atoms with van der Waals surface area (Å²) in [6.07, 6.45) is 2.44. The number of aromatic amines is 1. The Kier molecular flexibility index (Phi) is 4.24. The molecule has 1 aromatic carbocycles. The first-order valence-electron chi connectivity index (χ1n) is 6.14. The third-order valence-corrected chi connectivity index (χ3v) is 3.57. The van der Waals surface area contributed by atoms with Crippen LogP contribution >= 0.6 is 0 Å². The fraction of sp³-hybridized carbons (Fsp3) is 0.385. The number of rotatable bonds is 6. The van der Waals surface area contributed by atoms with Gasteiger partial charge in [0.05, 0.1) is 12.9 Å². The average Bonchev–Trinajstić information content (AvgIpc) is 2.71. The van der Waals surface area contributed by atoms with Gasteiger partial charge >= 0.3 is 0 Å². The van der Waals surface area contributed by atoms with Gasteiger partial charge in [-0.3, -0.25) is 4.18 Å². The van der Waals surface area contributed by atoms with Crippen molar-refractivity contribution < 1.29 is 12.6 Å². The first kappa shape index (κ1) is 14.0. The molecular weight excluding hydrogens is 264 g/mol. The zero-order chi connectivity index (χ0) is 13.9. The van der Waals surface area contributed by atoms with Crippen molar-refractivity contribution >= 4 is 21.0 Å². The van der Waals surface area contributed by atoms with Crippen molar-refractivity contribution in [1.29, 1.82) is 0 Å². The molecule has 0 saturated heterocycles. The van der Waals surface area contributed by atoms with Gasteiger partial charge in [0.15, 0.2) is 0 Å². The zero-order valence-corrected chi connectivity index (χ0v) is 11.7. The third-order valence-electron chi connectivity index (χ3n) is 2.97. The Labute approximate surface area is 112 Å². The van der Waals surface area contributed by atoms with Crippen molar-refractivity contribution in [3.63, 3.8) is 0 Å². The van der Waals surface area contributed by atoms with Gasteiger partial charge in [-0.1, -0.05) is 18.2 Å². The molecule has 0 aliphatic rings. The Morgan fingerprint density at radius 3 is 2.74 bits per heavy atom. The maximum atomic E-state index is 10.9. The molecule has 3 N–H and O–H groups in total. The topological polar surface area (TPSA) is 85.2 Å². The van der Waals surface area contributed by atoms with E-state index in [1.807, 2.05) is 24.3 Å². The van der Waals surface area contributed by atoms with Crippen LogP contribution in [0.2, 0.25) is 0 Å². The predicted octanol–water partition coefficient (Wildman–Crippen LogP) is 1.54. The van der Waals surface area contributed by atoms with E-state index in [0.29, 0.717) is 13.0 Å². The van der Waals surface area contributed by atoms with Gasteiger partial charge in [0.25, 0.3) is 10.1 Å². The first-order valence-corrected chi connectivity index (χ1v) is 7.96. The van der Waals surface area contributed by atoms with Gasteiger partial charge in [-0.05, 0) is 24.5 Å². The van der Waals surface area contributed by atoms with Gasteiger partial charge in [0.2, 0.25) is 0 Å². The summed E-state index contributed by atoms with van der Waals surface area (Å²) >= 11 is 0. The molecule has 0 amide bonds. The number of aromatic nitrogens is 1. The molecule has 0 aliphatic heterocycles. The number of para-hydroxylation sites is 1. The molecular formula is C13H18N2O3S. The summed E-state index contributed by atoms with van der Waals surface area (Å²) in [6.45, 7) is 0.638. The maximum absolute atomic E-state index is 10.9. The molecule has 0 saturated carbocycles. The lowest BCUT2D eigenvalue weighted by Gasteiger charge is -2.03. The number of hydrogen-bond acceptors (Lipinski definition) is 4. The summed E-state index contributed by atoms with van der Waals surface area (Å²) in [4.78, 5) is 3.29. The standard InChI is InChI=1S/C13H18N2O3S/c1-19(16,17)18-8-4-6-11-10-5-2-3-7-12(10)15-13(11)9-14/h2-3,5,7,15H,4,6,8-9,14H2,1H3.